The van der Waals surface area contributed by atoms with Gasteiger partial charge < -0.3 is 18.9 Å². The fourth-order valence-corrected chi connectivity index (χ4v) is 4.60. The quantitative estimate of drug-likeness (QED) is 0.383. The molecule has 0 N–H and O–H groups in total. The van der Waals surface area contributed by atoms with Gasteiger partial charge in [0.05, 0.1) is 24.8 Å². The van der Waals surface area contributed by atoms with Gasteiger partial charge in [0.25, 0.3) is 0 Å². The van der Waals surface area contributed by atoms with Gasteiger partial charge in [-0.1, -0.05) is 30.8 Å². The van der Waals surface area contributed by atoms with Crippen LogP contribution in [0.15, 0.2) is 53.7 Å². The predicted molar refractivity (Wildman–Crippen MR) is 124 cm³/mol. The Labute approximate surface area is 187 Å². The maximum atomic E-state index is 13.0. The summed E-state index contributed by atoms with van der Waals surface area (Å²) in [5.41, 5.74) is 1.92. The molecule has 0 atom stereocenters. The highest BCUT2D eigenvalue weighted by Crippen LogP contribution is 2.25. The van der Waals surface area contributed by atoms with Gasteiger partial charge in [-0.25, -0.2) is 4.98 Å². The third kappa shape index (κ3) is 5.34. The number of thioether (sulfide) groups is 1. The van der Waals surface area contributed by atoms with Gasteiger partial charge in [-0.15, -0.1) is 0 Å². The maximum absolute atomic E-state index is 13.0. The lowest BCUT2D eigenvalue weighted by Crippen LogP contribution is -2.39. The Morgan fingerprint density at radius 3 is 2.55 bits per heavy atom. The van der Waals surface area contributed by atoms with Crippen LogP contribution < -0.4 is 9.47 Å². The van der Waals surface area contributed by atoms with E-state index in [1.165, 1.54) is 0 Å². The number of hydrogen-bond acceptors (Lipinski definition) is 5. The molecule has 1 aromatic heterocycles. The standard InChI is InChI=1S/C24H29N3O3S/c1-18-11-13-26(14-12-18)23(28)17-27-22-6-4-3-5-21(22)25-24(27)31-16-15-30-20-9-7-19(29-2)8-10-20/h3-10,18H,11-17H2,1-2H3. The van der Waals surface area contributed by atoms with Crippen molar-refractivity contribution < 1.29 is 14.3 Å². The number of imidazole rings is 1. The summed E-state index contributed by atoms with van der Waals surface area (Å²) in [5, 5.41) is 0.859. The van der Waals surface area contributed by atoms with Gasteiger partial charge in [-0.2, -0.15) is 0 Å². The normalized spacial score (nSPS) is 14.7. The Hall–Kier alpha value is -2.67. The minimum absolute atomic E-state index is 0.173. The lowest BCUT2D eigenvalue weighted by Gasteiger charge is -2.30. The number of para-hydroxylation sites is 2. The molecule has 0 saturated carbocycles. The van der Waals surface area contributed by atoms with Crippen LogP contribution in [0.25, 0.3) is 11.0 Å². The van der Waals surface area contributed by atoms with Gasteiger partial charge in [-0.05, 0) is 55.2 Å². The predicted octanol–water partition coefficient (Wildman–Crippen LogP) is 4.47. The minimum Gasteiger partial charge on any atom is -0.497 e. The molecular formula is C24H29N3O3S. The van der Waals surface area contributed by atoms with Crippen molar-refractivity contribution in [1.29, 1.82) is 0 Å². The zero-order valence-corrected chi connectivity index (χ0v) is 18.9. The van der Waals surface area contributed by atoms with Crippen LogP contribution in [-0.2, 0) is 11.3 Å². The van der Waals surface area contributed by atoms with Crippen molar-refractivity contribution in [3.05, 3.63) is 48.5 Å². The molecule has 0 aliphatic carbocycles. The van der Waals surface area contributed by atoms with Crippen molar-refractivity contribution >= 4 is 28.7 Å². The number of ether oxygens (including phenoxy) is 2. The Morgan fingerprint density at radius 1 is 1.10 bits per heavy atom. The zero-order valence-electron chi connectivity index (χ0n) is 18.1. The molecule has 0 bridgehead atoms. The summed E-state index contributed by atoms with van der Waals surface area (Å²) in [4.78, 5) is 19.7. The second kappa shape index (κ2) is 10.1. The van der Waals surface area contributed by atoms with E-state index in [9.17, 15) is 4.79 Å². The van der Waals surface area contributed by atoms with Crippen LogP contribution in [0.3, 0.4) is 0 Å². The minimum atomic E-state index is 0.173. The van der Waals surface area contributed by atoms with Crippen LogP contribution >= 0.6 is 11.8 Å². The summed E-state index contributed by atoms with van der Waals surface area (Å²) in [7, 11) is 1.65. The number of benzene rings is 2. The van der Waals surface area contributed by atoms with Crippen LogP contribution in [-0.4, -0.2) is 52.9 Å². The third-order valence-electron chi connectivity index (χ3n) is 5.69. The number of piperidine rings is 1. The average Bonchev–Trinajstić information content (AvgIpc) is 3.15. The second-order valence-electron chi connectivity index (χ2n) is 7.90. The topological polar surface area (TPSA) is 56.6 Å². The molecule has 1 aliphatic rings. The van der Waals surface area contributed by atoms with Crippen molar-refractivity contribution in [3.8, 4) is 11.5 Å². The molecule has 164 valence electrons. The second-order valence-corrected chi connectivity index (χ2v) is 8.97. The number of rotatable bonds is 8. The Kier molecular flexibility index (Phi) is 7.02. The van der Waals surface area contributed by atoms with Crippen LogP contribution in [0.5, 0.6) is 11.5 Å². The van der Waals surface area contributed by atoms with Gasteiger partial charge in [-0.3, -0.25) is 4.79 Å². The molecule has 2 aromatic carbocycles. The first-order valence-electron chi connectivity index (χ1n) is 10.8. The van der Waals surface area contributed by atoms with Crippen molar-refractivity contribution in [2.45, 2.75) is 31.5 Å². The van der Waals surface area contributed by atoms with E-state index in [1.54, 1.807) is 18.9 Å². The fraction of sp³-hybridized carbons (Fsp3) is 0.417. The van der Waals surface area contributed by atoms with E-state index in [-0.39, 0.29) is 5.91 Å². The van der Waals surface area contributed by atoms with E-state index in [2.05, 4.69) is 6.92 Å². The lowest BCUT2D eigenvalue weighted by molar-refractivity contribution is -0.133. The van der Waals surface area contributed by atoms with Gasteiger partial charge in [0.2, 0.25) is 5.91 Å². The number of carbonyl (C=O) groups is 1. The number of hydrogen-bond donors (Lipinski definition) is 0. The molecule has 1 saturated heterocycles. The molecule has 7 heteroatoms. The highest BCUT2D eigenvalue weighted by Gasteiger charge is 2.22. The number of likely N-dealkylation sites (tertiary alicyclic amines) is 1. The summed E-state index contributed by atoms with van der Waals surface area (Å²) in [5.74, 6) is 3.24. The van der Waals surface area contributed by atoms with Crippen LogP contribution in [0, 0.1) is 5.92 Å². The molecule has 0 radical (unpaired) electrons. The number of methoxy groups -OCH3 is 1. The molecule has 1 fully saturated rings. The molecule has 6 nitrogen and oxygen atoms in total. The molecule has 1 aliphatic heterocycles. The molecular weight excluding hydrogens is 410 g/mol. The first kappa shape index (κ1) is 21.6. The average molecular weight is 440 g/mol. The van der Waals surface area contributed by atoms with Crippen molar-refractivity contribution in [2.75, 3.05) is 32.6 Å². The summed E-state index contributed by atoms with van der Waals surface area (Å²) in [6.45, 7) is 4.85. The number of fused-ring (bicyclic) bond motifs is 1. The van der Waals surface area contributed by atoms with E-state index < -0.39 is 0 Å². The first-order chi connectivity index (χ1) is 15.1. The van der Waals surface area contributed by atoms with Crippen molar-refractivity contribution in [1.82, 2.24) is 14.5 Å². The smallest absolute Gasteiger partial charge is 0.242 e. The SMILES string of the molecule is COc1ccc(OCCSc2nc3ccccc3n2CC(=O)N2CCC(C)CC2)cc1. The Bertz CT molecular complexity index is 1010. The zero-order chi connectivity index (χ0) is 21.6. The van der Waals surface area contributed by atoms with E-state index in [0.29, 0.717) is 19.1 Å². The monoisotopic (exact) mass is 439 g/mol. The molecule has 0 spiro atoms. The summed E-state index contributed by atoms with van der Waals surface area (Å²) < 4.78 is 13.1. The highest BCUT2D eigenvalue weighted by molar-refractivity contribution is 7.99. The lowest BCUT2D eigenvalue weighted by atomic mass is 9.99. The number of amides is 1. The largest absolute Gasteiger partial charge is 0.497 e. The fourth-order valence-electron chi connectivity index (χ4n) is 3.77. The highest BCUT2D eigenvalue weighted by atomic mass is 32.2. The van der Waals surface area contributed by atoms with E-state index in [1.807, 2.05) is 58.0 Å². The van der Waals surface area contributed by atoms with Crippen molar-refractivity contribution in [2.24, 2.45) is 5.92 Å². The first-order valence-corrected chi connectivity index (χ1v) is 11.8. The van der Waals surface area contributed by atoms with Crippen LogP contribution in [0.2, 0.25) is 0 Å². The molecule has 1 amide bonds. The van der Waals surface area contributed by atoms with E-state index in [0.717, 1.165) is 59.4 Å². The van der Waals surface area contributed by atoms with Crippen molar-refractivity contribution in [3.63, 3.8) is 0 Å². The van der Waals surface area contributed by atoms with Gasteiger partial charge in [0.1, 0.15) is 18.0 Å². The maximum Gasteiger partial charge on any atom is 0.242 e. The van der Waals surface area contributed by atoms with Gasteiger partial charge in [0, 0.05) is 18.8 Å². The third-order valence-corrected chi connectivity index (χ3v) is 6.63. The summed E-state index contributed by atoms with van der Waals surface area (Å²) in [6, 6.07) is 15.6. The van der Waals surface area contributed by atoms with E-state index >= 15 is 0 Å². The molecule has 4 rings (SSSR count). The van der Waals surface area contributed by atoms with E-state index in [4.69, 9.17) is 14.5 Å². The molecule has 2 heterocycles. The van der Waals surface area contributed by atoms with Gasteiger partial charge in [0.15, 0.2) is 5.16 Å². The molecule has 3 aromatic rings. The Morgan fingerprint density at radius 2 is 1.81 bits per heavy atom. The Balaban J connectivity index is 1.40. The van der Waals surface area contributed by atoms with Crippen LogP contribution in [0.4, 0.5) is 0 Å². The van der Waals surface area contributed by atoms with Crippen LogP contribution in [0.1, 0.15) is 19.8 Å². The molecule has 0 unspecified atom stereocenters. The number of carbonyl (C=O) groups excluding carboxylic acids is 1. The van der Waals surface area contributed by atoms with Gasteiger partial charge >= 0.3 is 0 Å². The summed E-state index contributed by atoms with van der Waals surface area (Å²) >= 11 is 1.62. The molecule has 31 heavy (non-hydrogen) atoms. The number of aromatic nitrogens is 2. The summed E-state index contributed by atoms with van der Waals surface area (Å²) in [6.07, 6.45) is 2.17. The number of nitrogens with zero attached hydrogens (tertiary/aromatic N) is 3.